The molecule has 0 aliphatic rings. The smallest absolute Gasteiger partial charge is 0.119 e. The summed E-state index contributed by atoms with van der Waals surface area (Å²) in [4.78, 5) is 0. The Morgan fingerprint density at radius 2 is 1.87 bits per heavy atom. The second-order valence-electron chi connectivity index (χ2n) is 3.23. The zero-order valence-corrected chi connectivity index (χ0v) is 9.24. The van der Waals surface area contributed by atoms with Crippen molar-refractivity contribution in [2.24, 2.45) is 0 Å². The van der Waals surface area contributed by atoms with Crippen molar-refractivity contribution < 1.29 is 9.47 Å². The number of nitrogens with one attached hydrogen (secondary N) is 1. The Kier molecular flexibility index (Phi) is 6.62. The molecular weight excluding hydrogens is 190 g/mol. The minimum Gasteiger partial charge on any atom is -0.494 e. The van der Waals surface area contributed by atoms with Gasteiger partial charge in [-0.15, -0.1) is 0 Å². The Balaban J connectivity index is 1.93. The van der Waals surface area contributed by atoms with E-state index in [0.29, 0.717) is 6.61 Å². The second kappa shape index (κ2) is 8.26. The van der Waals surface area contributed by atoms with Crippen LogP contribution in [0.2, 0.25) is 0 Å². The molecule has 0 atom stereocenters. The summed E-state index contributed by atoms with van der Waals surface area (Å²) < 4.78 is 10.9. The molecule has 0 saturated carbocycles. The van der Waals surface area contributed by atoms with Gasteiger partial charge in [0.25, 0.3) is 0 Å². The zero-order chi connectivity index (χ0) is 10.8. The molecule has 0 radical (unpaired) electrons. The number of hydrogen-bond donors (Lipinski definition) is 1. The number of para-hydroxylation sites is 1. The first-order valence-electron chi connectivity index (χ1n) is 5.33. The van der Waals surface area contributed by atoms with Gasteiger partial charge in [-0.05, 0) is 19.2 Å². The third-order valence-corrected chi connectivity index (χ3v) is 1.94. The number of likely N-dealkylation sites (N-methyl/N-ethyl adjacent to an activating group) is 1. The standard InChI is InChI=1S/C12H19NO2/c1-13-8-11-14-9-5-10-15-12-6-3-2-4-7-12/h2-4,6-7,13H,5,8-11H2,1H3. The Bertz CT molecular complexity index is 239. The predicted molar refractivity (Wildman–Crippen MR) is 61.3 cm³/mol. The number of ether oxygens (including phenoxy) is 2. The normalized spacial score (nSPS) is 10.2. The fraction of sp³-hybridized carbons (Fsp3) is 0.500. The lowest BCUT2D eigenvalue weighted by Gasteiger charge is -2.06. The van der Waals surface area contributed by atoms with E-state index in [0.717, 1.165) is 31.9 Å². The maximum atomic E-state index is 5.52. The van der Waals surface area contributed by atoms with Crippen molar-refractivity contribution in [3.8, 4) is 5.75 Å². The number of hydrogen-bond acceptors (Lipinski definition) is 3. The van der Waals surface area contributed by atoms with Gasteiger partial charge in [-0.3, -0.25) is 0 Å². The van der Waals surface area contributed by atoms with Crippen LogP contribution in [0.4, 0.5) is 0 Å². The van der Waals surface area contributed by atoms with E-state index in [2.05, 4.69) is 5.32 Å². The fourth-order valence-corrected chi connectivity index (χ4v) is 1.14. The number of benzene rings is 1. The third-order valence-electron chi connectivity index (χ3n) is 1.94. The van der Waals surface area contributed by atoms with Gasteiger partial charge in [-0.25, -0.2) is 0 Å². The Morgan fingerprint density at radius 3 is 2.60 bits per heavy atom. The van der Waals surface area contributed by atoms with Crippen molar-refractivity contribution in [3.63, 3.8) is 0 Å². The maximum Gasteiger partial charge on any atom is 0.119 e. The van der Waals surface area contributed by atoms with Gasteiger partial charge in [0.15, 0.2) is 0 Å². The van der Waals surface area contributed by atoms with Crippen molar-refractivity contribution in [2.75, 3.05) is 33.4 Å². The van der Waals surface area contributed by atoms with Gasteiger partial charge in [0.05, 0.1) is 13.2 Å². The first kappa shape index (κ1) is 12.0. The summed E-state index contributed by atoms with van der Waals surface area (Å²) in [6.45, 7) is 3.14. The first-order chi connectivity index (χ1) is 7.43. The summed E-state index contributed by atoms with van der Waals surface area (Å²) in [7, 11) is 1.92. The quantitative estimate of drug-likeness (QED) is 0.661. The third kappa shape index (κ3) is 6.10. The molecule has 0 aliphatic carbocycles. The van der Waals surface area contributed by atoms with E-state index in [1.807, 2.05) is 37.4 Å². The molecule has 0 fully saturated rings. The molecule has 0 heterocycles. The van der Waals surface area contributed by atoms with Crippen LogP contribution in [0.3, 0.4) is 0 Å². The average molecular weight is 209 g/mol. The van der Waals surface area contributed by atoms with Gasteiger partial charge in [-0.1, -0.05) is 18.2 Å². The molecule has 1 aromatic carbocycles. The van der Waals surface area contributed by atoms with Crippen LogP contribution in [0.1, 0.15) is 6.42 Å². The van der Waals surface area contributed by atoms with Crippen LogP contribution in [-0.2, 0) is 4.74 Å². The zero-order valence-electron chi connectivity index (χ0n) is 9.24. The van der Waals surface area contributed by atoms with Crippen LogP contribution in [0.15, 0.2) is 30.3 Å². The van der Waals surface area contributed by atoms with E-state index in [9.17, 15) is 0 Å². The molecule has 3 nitrogen and oxygen atoms in total. The monoisotopic (exact) mass is 209 g/mol. The summed E-state index contributed by atoms with van der Waals surface area (Å²) in [6, 6.07) is 9.84. The number of rotatable bonds is 8. The molecule has 0 spiro atoms. The summed E-state index contributed by atoms with van der Waals surface area (Å²) >= 11 is 0. The van der Waals surface area contributed by atoms with Crippen LogP contribution >= 0.6 is 0 Å². The molecule has 0 aromatic heterocycles. The maximum absolute atomic E-state index is 5.52. The van der Waals surface area contributed by atoms with Crippen molar-refractivity contribution in [3.05, 3.63) is 30.3 Å². The van der Waals surface area contributed by atoms with Gasteiger partial charge in [0.1, 0.15) is 5.75 Å². The lowest BCUT2D eigenvalue weighted by molar-refractivity contribution is 0.122. The first-order valence-corrected chi connectivity index (χ1v) is 5.33. The SMILES string of the molecule is CNCCOCCCOc1ccccc1. The molecule has 3 heteroatoms. The van der Waals surface area contributed by atoms with E-state index < -0.39 is 0 Å². The average Bonchev–Trinajstić information content (AvgIpc) is 2.29. The minimum absolute atomic E-state index is 0.712. The van der Waals surface area contributed by atoms with Crippen molar-refractivity contribution >= 4 is 0 Å². The van der Waals surface area contributed by atoms with E-state index in [1.165, 1.54) is 0 Å². The van der Waals surface area contributed by atoms with Crippen molar-refractivity contribution in [1.82, 2.24) is 5.32 Å². The van der Waals surface area contributed by atoms with Crippen LogP contribution in [-0.4, -0.2) is 33.4 Å². The molecule has 0 amide bonds. The molecular formula is C12H19NO2. The molecule has 1 rings (SSSR count). The largest absolute Gasteiger partial charge is 0.494 e. The Hall–Kier alpha value is -1.06. The molecule has 1 N–H and O–H groups in total. The summed E-state index contributed by atoms with van der Waals surface area (Å²) in [5.41, 5.74) is 0. The molecule has 15 heavy (non-hydrogen) atoms. The highest BCUT2D eigenvalue weighted by atomic mass is 16.5. The lowest BCUT2D eigenvalue weighted by Crippen LogP contribution is -2.15. The van der Waals surface area contributed by atoms with Gasteiger partial charge >= 0.3 is 0 Å². The Morgan fingerprint density at radius 1 is 1.07 bits per heavy atom. The Labute approximate surface area is 91.4 Å². The summed E-state index contributed by atoms with van der Waals surface area (Å²) in [6.07, 6.45) is 0.929. The molecule has 84 valence electrons. The summed E-state index contributed by atoms with van der Waals surface area (Å²) in [5.74, 6) is 0.924. The van der Waals surface area contributed by atoms with Crippen LogP contribution in [0.5, 0.6) is 5.75 Å². The van der Waals surface area contributed by atoms with Crippen LogP contribution < -0.4 is 10.1 Å². The van der Waals surface area contributed by atoms with Crippen molar-refractivity contribution in [2.45, 2.75) is 6.42 Å². The highest BCUT2D eigenvalue weighted by Gasteiger charge is 1.92. The molecule has 0 saturated heterocycles. The topological polar surface area (TPSA) is 30.5 Å². The van der Waals surface area contributed by atoms with E-state index in [-0.39, 0.29) is 0 Å². The van der Waals surface area contributed by atoms with E-state index >= 15 is 0 Å². The van der Waals surface area contributed by atoms with Crippen LogP contribution in [0.25, 0.3) is 0 Å². The fourth-order valence-electron chi connectivity index (χ4n) is 1.14. The highest BCUT2D eigenvalue weighted by molar-refractivity contribution is 5.20. The molecule has 0 unspecified atom stereocenters. The van der Waals surface area contributed by atoms with Gasteiger partial charge < -0.3 is 14.8 Å². The van der Waals surface area contributed by atoms with E-state index in [4.69, 9.17) is 9.47 Å². The molecule has 0 bridgehead atoms. The summed E-state index contributed by atoms with van der Waals surface area (Å²) in [5, 5.41) is 3.03. The second-order valence-corrected chi connectivity index (χ2v) is 3.23. The molecule has 1 aromatic rings. The van der Waals surface area contributed by atoms with Crippen molar-refractivity contribution in [1.29, 1.82) is 0 Å². The van der Waals surface area contributed by atoms with Gasteiger partial charge in [-0.2, -0.15) is 0 Å². The predicted octanol–water partition coefficient (Wildman–Crippen LogP) is 1.69. The minimum atomic E-state index is 0.712. The van der Waals surface area contributed by atoms with Gasteiger partial charge in [0.2, 0.25) is 0 Å². The van der Waals surface area contributed by atoms with Gasteiger partial charge in [0, 0.05) is 19.6 Å². The highest BCUT2D eigenvalue weighted by Crippen LogP contribution is 2.08. The van der Waals surface area contributed by atoms with Crippen LogP contribution in [0, 0.1) is 0 Å². The lowest BCUT2D eigenvalue weighted by atomic mass is 10.3. The molecule has 0 aliphatic heterocycles. The van der Waals surface area contributed by atoms with E-state index in [1.54, 1.807) is 0 Å².